The molecule has 23 heavy (non-hydrogen) atoms. The van der Waals surface area contributed by atoms with Crippen LogP contribution in [-0.2, 0) is 11.3 Å². The van der Waals surface area contributed by atoms with Gasteiger partial charge in [0.05, 0.1) is 20.3 Å². The lowest BCUT2D eigenvalue weighted by Gasteiger charge is -2.13. The van der Waals surface area contributed by atoms with Gasteiger partial charge in [0.2, 0.25) is 0 Å². The summed E-state index contributed by atoms with van der Waals surface area (Å²) >= 11 is 0. The Morgan fingerprint density at radius 3 is 2.43 bits per heavy atom. The van der Waals surface area contributed by atoms with Crippen molar-refractivity contribution in [2.75, 3.05) is 20.3 Å². The van der Waals surface area contributed by atoms with E-state index in [-0.39, 0.29) is 19.0 Å². The van der Waals surface area contributed by atoms with Crippen molar-refractivity contribution in [3.63, 3.8) is 0 Å². The molecule has 0 spiro atoms. The molecule has 6 heteroatoms. The van der Waals surface area contributed by atoms with E-state index >= 15 is 0 Å². The molecule has 2 aromatic rings. The minimum atomic E-state index is -0.919. The summed E-state index contributed by atoms with van der Waals surface area (Å²) in [4.78, 5) is 0. The molecule has 1 unspecified atom stereocenters. The number of ether oxygens (including phenoxy) is 3. The highest BCUT2D eigenvalue weighted by Crippen LogP contribution is 2.17. The van der Waals surface area contributed by atoms with Crippen LogP contribution in [0.15, 0.2) is 42.5 Å². The average Bonchev–Trinajstić information content (AvgIpc) is 2.54. The van der Waals surface area contributed by atoms with Crippen LogP contribution in [0.1, 0.15) is 5.56 Å². The van der Waals surface area contributed by atoms with E-state index in [0.29, 0.717) is 6.61 Å². The third-order valence-corrected chi connectivity index (χ3v) is 3.06. The molecule has 0 aromatic heterocycles. The summed E-state index contributed by atoms with van der Waals surface area (Å²) in [5.74, 6) is -0.848. The highest BCUT2D eigenvalue weighted by atomic mass is 19.1. The fourth-order valence-electron chi connectivity index (χ4n) is 1.86. The third-order valence-electron chi connectivity index (χ3n) is 3.06. The number of aliphatic hydroxyl groups excluding tert-OH is 1. The molecule has 0 aliphatic heterocycles. The molecule has 2 rings (SSSR count). The topological polar surface area (TPSA) is 47.9 Å². The van der Waals surface area contributed by atoms with Crippen LogP contribution < -0.4 is 9.47 Å². The van der Waals surface area contributed by atoms with Crippen LogP contribution in [0.3, 0.4) is 0 Å². The van der Waals surface area contributed by atoms with Gasteiger partial charge in [-0.05, 0) is 29.8 Å². The van der Waals surface area contributed by atoms with Crippen LogP contribution >= 0.6 is 0 Å². The fraction of sp³-hybridized carbons (Fsp3) is 0.294. The monoisotopic (exact) mass is 324 g/mol. The second kappa shape index (κ2) is 8.45. The summed E-state index contributed by atoms with van der Waals surface area (Å²) in [6.07, 6.45) is -0.919. The molecule has 4 nitrogen and oxygen atoms in total. The summed E-state index contributed by atoms with van der Waals surface area (Å²) < 4.78 is 41.6. The second-order valence-electron chi connectivity index (χ2n) is 4.90. The fourth-order valence-corrected chi connectivity index (χ4v) is 1.86. The first kappa shape index (κ1) is 17.2. The molecule has 0 heterocycles. The minimum Gasteiger partial charge on any atom is -0.497 e. The smallest absolute Gasteiger partial charge is 0.167 e. The van der Waals surface area contributed by atoms with Crippen LogP contribution in [-0.4, -0.2) is 31.5 Å². The summed E-state index contributed by atoms with van der Waals surface area (Å²) in [5, 5.41) is 9.75. The van der Waals surface area contributed by atoms with Crippen molar-refractivity contribution in [2.45, 2.75) is 12.7 Å². The second-order valence-corrected chi connectivity index (χ2v) is 4.90. The van der Waals surface area contributed by atoms with Crippen molar-refractivity contribution in [3.05, 3.63) is 59.7 Å². The van der Waals surface area contributed by atoms with Gasteiger partial charge in [0.1, 0.15) is 24.3 Å². The highest BCUT2D eigenvalue weighted by Gasteiger charge is 2.09. The van der Waals surface area contributed by atoms with E-state index in [2.05, 4.69) is 0 Å². The molecule has 1 atom stereocenters. The molecule has 0 amide bonds. The number of rotatable bonds is 8. The number of aliphatic hydroxyl groups is 1. The molecule has 0 saturated heterocycles. The molecular formula is C17H18F2O4. The normalized spacial score (nSPS) is 12.0. The van der Waals surface area contributed by atoms with Crippen molar-refractivity contribution in [1.29, 1.82) is 0 Å². The molecule has 1 N–H and O–H groups in total. The molecule has 0 aliphatic rings. The van der Waals surface area contributed by atoms with Crippen LogP contribution in [0, 0.1) is 11.6 Å². The lowest BCUT2D eigenvalue weighted by atomic mass is 10.2. The first-order valence-electron chi connectivity index (χ1n) is 7.05. The van der Waals surface area contributed by atoms with Crippen molar-refractivity contribution >= 4 is 0 Å². The van der Waals surface area contributed by atoms with Crippen molar-refractivity contribution < 1.29 is 28.1 Å². The number of hydrogen-bond donors (Lipinski definition) is 1. The summed E-state index contributed by atoms with van der Waals surface area (Å²) in [7, 11) is 1.59. The first-order valence-corrected chi connectivity index (χ1v) is 7.05. The van der Waals surface area contributed by atoms with Gasteiger partial charge in [0.15, 0.2) is 11.6 Å². The summed E-state index contributed by atoms with van der Waals surface area (Å²) in [5.41, 5.74) is 0.934. The van der Waals surface area contributed by atoms with Gasteiger partial charge >= 0.3 is 0 Å². The van der Waals surface area contributed by atoms with Crippen LogP contribution in [0.25, 0.3) is 0 Å². The Bertz CT molecular complexity index is 616. The molecule has 124 valence electrons. The third kappa shape index (κ3) is 5.50. The van der Waals surface area contributed by atoms with Gasteiger partial charge in [-0.15, -0.1) is 0 Å². The van der Waals surface area contributed by atoms with E-state index in [1.54, 1.807) is 7.11 Å². The maximum Gasteiger partial charge on any atom is 0.167 e. The van der Waals surface area contributed by atoms with Gasteiger partial charge in [-0.25, -0.2) is 8.78 Å². The number of benzene rings is 2. The minimum absolute atomic E-state index is 0.0366. The highest BCUT2D eigenvalue weighted by molar-refractivity contribution is 5.26. The number of hydrogen-bond acceptors (Lipinski definition) is 4. The zero-order valence-corrected chi connectivity index (χ0v) is 12.7. The average molecular weight is 324 g/mol. The van der Waals surface area contributed by atoms with Crippen molar-refractivity contribution in [2.24, 2.45) is 0 Å². The molecule has 2 aromatic carbocycles. The number of halogens is 2. The Morgan fingerprint density at radius 2 is 1.78 bits per heavy atom. The van der Waals surface area contributed by atoms with E-state index in [1.807, 2.05) is 24.3 Å². The van der Waals surface area contributed by atoms with Crippen molar-refractivity contribution in [1.82, 2.24) is 0 Å². The van der Waals surface area contributed by atoms with Crippen LogP contribution in [0.4, 0.5) is 8.78 Å². The van der Waals surface area contributed by atoms with E-state index < -0.39 is 17.7 Å². The molecule has 0 aliphatic carbocycles. The predicted molar refractivity (Wildman–Crippen MR) is 80.5 cm³/mol. The standard InChI is InChI=1S/C17H18F2O4/c1-21-15-5-2-12(3-6-15)9-22-10-14(20)11-23-17-7-4-13(18)8-16(17)19/h2-8,14,20H,9-11H2,1H3. The summed E-state index contributed by atoms with van der Waals surface area (Å²) in [6.45, 7) is 0.214. The predicted octanol–water partition coefficient (Wildman–Crippen LogP) is 2.93. The van der Waals surface area contributed by atoms with Gasteiger partial charge in [-0.1, -0.05) is 12.1 Å². The lowest BCUT2D eigenvalue weighted by Crippen LogP contribution is -2.23. The Labute approximate surface area is 133 Å². The van der Waals surface area contributed by atoms with E-state index in [4.69, 9.17) is 14.2 Å². The lowest BCUT2D eigenvalue weighted by molar-refractivity contribution is 0.00482. The van der Waals surface area contributed by atoms with E-state index in [9.17, 15) is 13.9 Å². The summed E-state index contributed by atoms with van der Waals surface area (Å²) in [6, 6.07) is 10.3. The molecule has 0 fully saturated rings. The Kier molecular flexibility index (Phi) is 6.31. The number of methoxy groups -OCH3 is 1. The van der Waals surface area contributed by atoms with Crippen LogP contribution in [0.5, 0.6) is 11.5 Å². The quantitative estimate of drug-likeness (QED) is 0.811. The van der Waals surface area contributed by atoms with Crippen LogP contribution in [0.2, 0.25) is 0 Å². The van der Waals surface area contributed by atoms with E-state index in [1.165, 1.54) is 6.07 Å². The molecule has 0 saturated carbocycles. The largest absolute Gasteiger partial charge is 0.497 e. The van der Waals surface area contributed by atoms with E-state index in [0.717, 1.165) is 23.4 Å². The molecular weight excluding hydrogens is 306 g/mol. The van der Waals surface area contributed by atoms with Gasteiger partial charge in [0, 0.05) is 6.07 Å². The van der Waals surface area contributed by atoms with Gasteiger partial charge in [-0.2, -0.15) is 0 Å². The maximum atomic E-state index is 13.3. The van der Waals surface area contributed by atoms with Crippen molar-refractivity contribution in [3.8, 4) is 11.5 Å². The molecule has 0 radical (unpaired) electrons. The van der Waals surface area contributed by atoms with Gasteiger partial charge in [0.25, 0.3) is 0 Å². The Morgan fingerprint density at radius 1 is 1.04 bits per heavy atom. The maximum absolute atomic E-state index is 13.3. The SMILES string of the molecule is COc1ccc(COCC(O)COc2ccc(F)cc2F)cc1. The zero-order valence-electron chi connectivity index (χ0n) is 12.7. The van der Waals surface area contributed by atoms with Gasteiger partial charge < -0.3 is 19.3 Å². The zero-order chi connectivity index (χ0) is 16.7. The first-order chi connectivity index (χ1) is 11.1. The molecule has 0 bridgehead atoms. The Balaban J connectivity index is 1.71. The van der Waals surface area contributed by atoms with Gasteiger partial charge in [-0.3, -0.25) is 0 Å². The Hall–Kier alpha value is -2.18.